The Morgan fingerprint density at radius 2 is 2.29 bits per heavy atom. The lowest BCUT2D eigenvalue weighted by Crippen LogP contribution is -2.38. The molecular weight excluding hydrogens is 186 g/mol. The number of H-pyrrole nitrogens is 1. The maximum absolute atomic E-state index is 11.1. The minimum atomic E-state index is -0.748. The number of rotatable bonds is 3. The van der Waals surface area contributed by atoms with Crippen LogP contribution >= 0.6 is 0 Å². The van der Waals surface area contributed by atoms with E-state index in [4.69, 9.17) is 5.73 Å². The Balaban J connectivity index is 2.38. The van der Waals surface area contributed by atoms with Gasteiger partial charge in [0.15, 0.2) is 0 Å². The van der Waals surface area contributed by atoms with Crippen LogP contribution < -0.4 is 16.4 Å². The molecule has 7 heteroatoms. The Bertz CT molecular complexity index is 308. The first-order valence-electron chi connectivity index (χ1n) is 4.02. The van der Waals surface area contributed by atoms with E-state index >= 15 is 0 Å². The van der Waals surface area contributed by atoms with E-state index in [1.54, 1.807) is 0 Å². The van der Waals surface area contributed by atoms with Gasteiger partial charge in [-0.1, -0.05) is 0 Å². The van der Waals surface area contributed by atoms with Crippen molar-refractivity contribution in [3.63, 3.8) is 0 Å². The van der Waals surface area contributed by atoms with Crippen molar-refractivity contribution in [3.05, 3.63) is 12.3 Å². The lowest BCUT2D eigenvalue weighted by molar-refractivity contribution is -0.136. The van der Waals surface area contributed by atoms with E-state index in [0.717, 1.165) is 0 Å². The van der Waals surface area contributed by atoms with Gasteiger partial charge < -0.3 is 16.4 Å². The largest absolute Gasteiger partial charge is 0.347 e. The summed E-state index contributed by atoms with van der Waals surface area (Å²) < 4.78 is 0. The van der Waals surface area contributed by atoms with Crippen LogP contribution in [-0.4, -0.2) is 35.1 Å². The number of nitrogens with zero attached hydrogens (tertiary/aromatic N) is 1. The van der Waals surface area contributed by atoms with Gasteiger partial charge in [-0.15, -0.1) is 0 Å². The van der Waals surface area contributed by atoms with Crippen LogP contribution in [0.1, 0.15) is 0 Å². The summed E-state index contributed by atoms with van der Waals surface area (Å²) in [6.07, 6.45) is 1.47. The SMILES string of the molecule is NCCNC(=O)C(=O)Nc1ccn[nH]1. The zero-order valence-electron chi connectivity index (χ0n) is 7.41. The van der Waals surface area contributed by atoms with Crippen molar-refractivity contribution < 1.29 is 9.59 Å². The van der Waals surface area contributed by atoms with Crippen molar-refractivity contribution >= 4 is 17.6 Å². The minimum Gasteiger partial charge on any atom is -0.347 e. The molecule has 0 aromatic carbocycles. The smallest absolute Gasteiger partial charge is 0.314 e. The van der Waals surface area contributed by atoms with Crippen LogP contribution in [-0.2, 0) is 9.59 Å². The van der Waals surface area contributed by atoms with Crippen molar-refractivity contribution in [2.75, 3.05) is 18.4 Å². The van der Waals surface area contributed by atoms with E-state index in [9.17, 15) is 9.59 Å². The molecule has 7 nitrogen and oxygen atoms in total. The first-order chi connectivity index (χ1) is 6.74. The lowest BCUT2D eigenvalue weighted by Gasteiger charge is -2.02. The molecule has 0 spiro atoms. The van der Waals surface area contributed by atoms with E-state index in [0.29, 0.717) is 12.4 Å². The first kappa shape index (κ1) is 10.2. The van der Waals surface area contributed by atoms with Gasteiger partial charge in [0.2, 0.25) is 0 Å². The van der Waals surface area contributed by atoms with Crippen molar-refractivity contribution in [3.8, 4) is 0 Å². The van der Waals surface area contributed by atoms with Crippen molar-refractivity contribution in [2.45, 2.75) is 0 Å². The number of hydrogen-bond acceptors (Lipinski definition) is 4. The van der Waals surface area contributed by atoms with Gasteiger partial charge in [0, 0.05) is 19.2 Å². The van der Waals surface area contributed by atoms with E-state index in [1.807, 2.05) is 0 Å². The minimum absolute atomic E-state index is 0.273. The second-order valence-corrected chi connectivity index (χ2v) is 2.47. The molecule has 1 rings (SSSR count). The molecule has 1 aromatic rings. The quantitative estimate of drug-likeness (QED) is 0.438. The Morgan fingerprint density at radius 1 is 1.50 bits per heavy atom. The van der Waals surface area contributed by atoms with Gasteiger partial charge in [0.25, 0.3) is 0 Å². The second-order valence-electron chi connectivity index (χ2n) is 2.47. The molecule has 1 aromatic heterocycles. The van der Waals surface area contributed by atoms with Crippen molar-refractivity contribution in [1.29, 1.82) is 0 Å². The summed E-state index contributed by atoms with van der Waals surface area (Å²) >= 11 is 0. The predicted molar refractivity (Wildman–Crippen MR) is 49.3 cm³/mol. The van der Waals surface area contributed by atoms with E-state index in [2.05, 4.69) is 20.8 Å². The predicted octanol–water partition coefficient (Wildman–Crippen LogP) is -1.58. The van der Waals surface area contributed by atoms with Gasteiger partial charge in [0.05, 0.1) is 6.20 Å². The molecule has 0 saturated heterocycles. The lowest BCUT2D eigenvalue weighted by atomic mass is 10.5. The summed E-state index contributed by atoms with van der Waals surface area (Å²) in [5.41, 5.74) is 5.15. The highest BCUT2D eigenvalue weighted by Gasteiger charge is 2.12. The number of anilines is 1. The van der Waals surface area contributed by atoms with Gasteiger partial charge >= 0.3 is 11.8 Å². The molecule has 0 unspecified atom stereocenters. The molecule has 2 amide bonds. The fraction of sp³-hybridized carbons (Fsp3) is 0.286. The summed E-state index contributed by atoms with van der Waals surface area (Å²) in [5.74, 6) is -1.09. The standard InChI is InChI=1S/C7H11N5O2/c8-2-4-9-6(13)7(14)11-5-1-3-10-12-5/h1,3H,2,4,8H2,(H,9,13)(H2,10,11,12,14). The highest BCUT2D eigenvalue weighted by molar-refractivity contribution is 6.39. The maximum atomic E-state index is 11.1. The molecule has 0 aliphatic rings. The number of carbonyl (C=O) groups is 2. The van der Waals surface area contributed by atoms with Gasteiger partial charge in [-0.3, -0.25) is 14.7 Å². The maximum Gasteiger partial charge on any atom is 0.314 e. The number of aromatic nitrogens is 2. The van der Waals surface area contributed by atoms with Gasteiger partial charge in [0.1, 0.15) is 5.82 Å². The van der Waals surface area contributed by atoms with Gasteiger partial charge in [-0.05, 0) is 0 Å². The molecule has 5 N–H and O–H groups in total. The molecule has 0 aliphatic carbocycles. The van der Waals surface area contributed by atoms with Crippen LogP contribution in [0.25, 0.3) is 0 Å². The molecule has 0 atom stereocenters. The summed E-state index contributed by atoms with van der Waals surface area (Å²) in [6.45, 7) is 0.568. The zero-order valence-corrected chi connectivity index (χ0v) is 7.41. The summed E-state index contributed by atoms with van der Waals surface area (Å²) in [6, 6.07) is 1.54. The number of nitrogens with one attached hydrogen (secondary N) is 3. The molecule has 0 saturated carbocycles. The monoisotopic (exact) mass is 197 g/mol. The van der Waals surface area contributed by atoms with Crippen LogP contribution in [0.4, 0.5) is 5.82 Å². The molecule has 0 bridgehead atoms. The van der Waals surface area contributed by atoms with Crippen LogP contribution in [0.3, 0.4) is 0 Å². The number of nitrogens with two attached hydrogens (primary N) is 1. The molecule has 0 aliphatic heterocycles. The molecule has 0 radical (unpaired) electrons. The van der Waals surface area contributed by atoms with Crippen LogP contribution in [0.5, 0.6) is 0 Å². The number of carbonyl (C=O) groups excluding carboxylic acids is 2. The third-order valence-electron chi connectivity index (χ3n) is 1.39. The Hall–Kier alpha value is -1.89. The van der Waals surface area contributed by atoms with Gasteiger partial charge in [-0.2, -0.15) is 5.10 Å². The second kappa shape index (κ2) is 4.97. The van der Waals surface area contributed by atoms with Crippen LogP contribution in [0.15, 0.2) is 12.3 Å². The Morgan fingerprint density at radius 3 is 2.86 bits per heavy atom. The molecule has 76 valence electrons. The molecule has 14 heavy (non-hydrogen) atoms. The van der Waals surface area contributed by atoms with Gasteiger partial charge in [-0.25, -0.2) is 0 Å². The Labute approximate surface area is 80.1 Å². The summed E-state index contributed by atoms with van der Waals surface area (Å²) in [4.78, 5) is 22.1. The summed E-state index contributed by atoms with van der Waals surface area (Å²) in [7, 11) is 0. The van der Waals surface area contributed by atoms with E-state index in [-0.39, 0.29) is 6.54 Å². The van der Waals surface area contributed by atoms with Crippen LogP contribution in [0, 0.1) is 0 Å². The molecule has 0 fully saturated rings. The third kappa shape index (κ3) is 2.87. The van der Waals surface area contributed by atoms with Crippen molar-refractivity contribution in [2.24, 2.45) is 5.73 Å². The normalized spacial score (nSPS) is 9.50. The molecule has 1 heterocycles. The van der Waals surface area contributed by atoms with Crippen molar-refractivity contribution in [1.82, 2.24) is 15.5 Å². The fourth-order valence-corrected chi connectivity index (χ4v) is 0.771. The summed E-state index contributed by atoms with van der Waals surface area (Å²) in [5, 5.41) is 10.8. The third-order valence-corrected chi connectivity index (χ3v) is 1.39. The average molecular weight is 197 g/mol. The first-order valence-corrected chi connectivity index (χ1v) is 4.02. The molecular formula is C7H11N5O2. The average Bonchev–Trinajstić information content (AvgIpc) is 2.66. The fourth-order valence-electron chi connectivity index (χ4n) is 0.771. The highest BCUT2D eigenvalue weighted by atomic mass is 16.2. The Kier molecular flexibility index (Phi) is 3.62. The number of hydrogen-bond donors (Lipinski definition) is 4. The number of aromatic amines is 1. The zero-order chi connectivity index (χ0) is 10.4. The number of amides is 2. The van der Waals surface area contributed by atoms with E-state index < -0.39 is 11.8 Å². The van der Waals surface area contributed by atoms with Crippen LogP contribution in [0.2, 0.25) is 0 Å². The topological polar surface area (TPSA) is 113 Å². The highest BCUT2D eigenvalue weighted by Crippen LogP contribution is 1.97. The van der Waals surface area contributed by atoms with E-state index in [1.165, 1.54) is 12.3 Å².